The summed E-state index contributed by atoms with van der Waals surface area (Å²) in [7, 11) is 0. The normalized spacial score (nSPS) is 51.9. The first-order chi connectivity index (χ1) is 12.4. The van der Waals surface area contributed by atoms with Gasteiger partial charge in [0.15, 0.2) is 11.4 Å². The molecule has 0 unspecified atom stereocenters. The summed E-state index contributed by atoms with van der Waals surface area (Å²) < 4.78 is 12.0. The summed E-state index contributed by atoms with van der Waals surface area (Å²) in [6, 6.07) is 2.28. The zero-order valence-corrected chi connectivity index (χ0v) is 16.1. The third kappa shape index (κ3) is 2.00. The maximum Gasteiger partial charge on any atom is 0.172 e. The molecule has 4 aliphatic carbocycles. The van der Waals surface area contributed by atoms with Crippen LogP contribution < -0.4 is 0 Å². The Labute approximate surface area is 156 Å². The first-order valence-corrected chi connectivity index (χ1v) is 10.5. The smallest absolute Gasteiger partial charge is 0.172 e. The fraction of sp³-hybridized carbons (Fsp3) is 0.864. The molecule has 3 saturated carbocycles. The lowest BCUT2D eigenvalue weighted by molar-refractivity contribution is -0.186. The van der Waals surface area contributed by atoms with Gasteiger partial charge in [-0.1, -0.05) is 25.5 Å². The average molecular weight is 357 g/mol. The molecule has 6 atom stereocenters. The minimum absolute atomic E-state index is 0.234. The van der Waals surface area contributed by atoms with E-state index in [0.717, 1.165) is 58.2 Å². The van der Waals surface area contributed by atoms with E-state index >= 15 is 0 Å². The first kappa shape index (κ1) is 17.2. The fourth-order valence-corrected chi connectivity index (χ4v) is 7.55. The number of hydrogen-bond acceptors (Lipinski definition) is 4. The molecular weight excluding hydrogens is 326 g/mol. The van der Waals surface area contributed by atoms with Crippen LogP contribution in [0, 0.1) is 39.9 Å². The van der Waals surface area contributed by atoms with Gasteiger partial charge in [0, 0.05) is 18.3 Å². The molecule has 0 amide bonds. The Hall–Kier alpha value is -0.890. The monoisotopic (exact) mass is 357 g/mol. The minimum Gasteiger partial charge on any atom is -0.375 e. The lowest BCUT2D eigenvalue weighted by atomic mass is 9.47. The van der Waals surface area contributed by atoms with Gasteiger partial charge < -0.3 is 14.6 Å². The molecular formula is C22H31NO3. The number of nitrogens with zero attached hydrogens (tertiary/aromatic N) is 1. The molecule has 4 nitrogen and oxygen atoms in total. The maximum absolute atomic E-state index is 11.0. The number of fused-ring (bicyclic) bond motifs is 5. The molecule has 0 aromatic carbocycles. The van der Waals surface area contributed by atoms with E-state index in [1.165, 1.54) is 0 Å². The Kier molecular flexibility index (Phi) is 3.54. The zero-order valence-electron chi connectivity index (χ0n) is 16.1. The average Bonchev–Trinajstić information content (AvgIpc) is 3.19. The van der Waals surface area contributed by atoms with Crippen molar-refractivity contribution in [3.05, 3.63) is 11.6 Å². The van der Waals surface area contributed by atoms with Crippen LogP contribution in [0.3, 0.4) is 0 Å². The molecule has 142 valence electrons. The quantitative estimate of drug-likeness (QED) is 0.527. The number of nitriles is 1. The van der Waals surface area contributed by atoms with Gasteiger partial charge in [-0.15, -0.1) is 0 Å². The van der Waals surface area contributed by atoms with Crippen LogP contribution in [-0.2, 0) is 9.47 Å². The third-order valence-electron chi connectivity index (χ3n) is 9.26. The van der Waals surface area contributed by atoms with Crippen molar-refractivity contribution in [3.63, 3.8) is 0 Å². The van der Waals surface area contributed by atoms with E-state index in [1.54, 1.807) is 5.57 Å². The van der Waals surface area contributed by atoms with Crippen LogP contribution in [0.1, 0.15) is 65.2 Å². The van der Waals surface area contributed by atoms with E-state index in [4.69, 9.17) is 9.47 Å². The molecule has 5 aliphatic rings. The molecule has 0 aromatic rings. The molecule has 26 heavy (non-hydrogen) atoms. The molecule has 1 N–H and O–H groups in total. The Balaban J connectivity index is 1.47. The Morgan fingerprint density at radius 1 is 1.08 bits per heavy atom. The number of ether oxygens (including phenoxy) is 2. The summed E-state index contributed by atoms with van der Waals surface area (Å²) in [5.74, 6) is 1.38. The van der Waals surface area contributed by atoms with Crippen LogP contribution in [-0.4, -0.2) is 29.7 Å². The van der Waals surface area contributed by atoms with Crippen molar-refractivity contribution >= 4 is 0 Å². The molecule has 1 saturated heterocycles. The van der Waals surface area contributed by atoms with Crippen molar-refractivity contribution in [2.75, 3.05) is 13.2 Å². The molecule has 1 spiro atoms. The van der Waals surface area contributed by atoms with Crippen molar-refractivity contribution in [1.29, 1.82) is 5.26 Å². The van der Waals surface area contributed by atoms with Crippen molar-refractivity contribution < 1.29 is 14.6 Å². The molecule has 1 aliphatic heterocycles. The summed E-state index contributed by atoms with van der Waals surface area (Å²) in [6.07, 6.45) is 10.4. The van der Waals surface area contributed by atoms with Crippen LogP contribution in [0.4, 0.5) is 0 Å². The van der Waals surface area contributed by atoms with E-state index in [9.17, 15) is 10.4 Å². The van der Waals surface area contributed by atoms with E-state index in [-0.39, 0.29) is 16.6 Å². The van der Waals surface area contributed by atoms with Gasteiger partial charge in [0.25, 0.3) is 0 Å². The van der Waals surface area contributed by atoms with Crippen molar-refractivity contribution in [2.24, 2.45) is 28.6 Å². The SMILES string of the molecule is C[C@]12CCC3(CC1=CC[C@H]1[C@H]4CC[C@](O)(C#N)[C@@]4(C)CC[C@@H]12)OCCO3. The second-order valence-electron chi connectivity index (χ2n) is 10.0. The first-order valence-electron chi connectivity index (χ1n) is 10.5. The van der Waals surface area contributed by atoms with E-state index in [1.807, 2.05) is 0 Å². The Morgan fingerprint density at radius 2 is 1.81 bits per heavy atom. The van der Waals surface area contributed by atoms with Gasteiger partial charge in [0.1, 0.15) is 0 Å². The molecule has 4 heteroatoms. The number of aliphatic hydroxyl groups is 1. The largest absolute Gasteiger partial charge is 0.375 e. The van der Waals surface area contributed by atoms with Gasteiger partial charge in [-0.2, -0.15) is 5.26 Å². The lowest BCUT2D eigenvalue weighted by Gasteiger charge is -2.59. The van der Waals surface area contributed by atoms with Gasteiger partial charge in [-0.05, 0) is 61.7 Å². The fourth-order valence-electron chi connectivity index (χ4n) is 7.55. The van der Waals surface area contributed by atoms with E-state index in [0.29, 0.717) is 24.2 Å². The molecule has 0 bridgehead atoms. The Bertz CT molecular complexity index is 690. The van der Waals surface area contributed by atoms with Crippen molar-refractivity contribution in [3.8, 4) is 6.07 Å². The summed E-state index contributed by atoms with van der Waals surface area (Å²) in [5.41, 5.74) is 0.412. The minimum atomic E-state index is -1.13. The van der Waals surface area contributed by atoms with Gasteiger partial charge in [-0.3, -0.25) is 0 Å². The predicted octanol–water partition coefficient (Wildman–Crippen LogP) is 3.95. The van der Waals surface area contributed by atoms with Crippen molar-refractivity contribution in [1.82, 2.24) is 0 Å². The predicted molar refractivity (Wildman–Crippen MR) is 96.9 cm³/mol. The molecule has 0 radical (unpaired) electrons. The molecule has 4 fully saturated rings. The molecule has 1 heterocycles. The topological polar surface area (TPSA) is 62.5 Å². The maximum atomic E-state index is 11.0. The zero-order chi connectivity index (χ0) is 18.2. The summed E-state index contributed by atoms with van der Waals surface area (Å²) >= 11 is 0. The third-order valence-corrected chi connectivity index (χ3v) is 9.26. The van der Waals surface area contributed by atoms with Crippen molar-refractivity contribution in [2.45, 2.75) is 76.6 Å². The highest BCUT2D eigenvalue weighted by Gasteiger charge is 2.64. The van der Waals surface area contributed by atoms with Crippen LogP contribution in [0.25, 0.3) is 0 Å². The lowest BCUT2D eigenvalue weighted by Crippen LogP contribution is -2.55. The van der Waals surface area contributed by atoms with Gasteiger partial charge >= 0.3 is 0 Å². The highest BCUT2D eigenvalue weighted by molar-refractivity contribution is 5.28. The number of allylic oxidation sites excluding steroid dienone is 1. The second-order valence-corrected chi connectivity index (χ2v) is 10.0. The highest BCUT2D eigenvalue weighted by Crippen LogP contribution is 2.67. The Morgan fingerprint density at radius 3 is 2.54 bits per heavy atom. The van der Waals surface area contributed by atoms with Crippen LogP contribution in [0.15, 0.2) is 11.6 Å². The van der Waals surface area contributed by atoms with Gasteiger partial charge in [-0.25, -0.2) is 0 Å². The van der Waals surface area contributed by atoms with Crippen LogP contribution in [0.2, 0.25) is 0 Å². The molecule has 5 rings (SSSR count). The van der Waals surface area contributed by atoms with Gasteiger partial charge in [0.2, 0.25) is 0 Å². The van der Waals surface area contributed by atoms with Crippen LogP contribution in [0.5, 0.6) is 0 Å². The standard InChI is InChI=1S/C22H31NO3/c1-19-9-10-22(25-11-12-26-22)13-15(19)3-4-16-17(19)5-7-20(2)18(16)6-8-21(20,24)14-23/h3,16-18,24H,4-13H2,1-2H3/t16-,17+,18-,19+,20+,21+/m1/s1. The number of hydrogen-bond donors (Lipinski definition) is 1. The van der Waals surface area contributed by atoms with Crippen LogP contribution >= 0.6 is 0 Å². The summed E-state index contributed by atoms with van der Waals surface area (Å²) in [4.78, 5) is 0. The van der Waals surface area contributed by atoms with Gasteiger partial charge in [0.05, 0.1) is 19.3 Å². The van der Waals surface area contributed by atoms with E-state index in [2.05, 4.69) is 26.0 Å². The summed E-state index contributed by atoms with van der Waals surface area (Å²) in [5, 5.41) is 20.6. The molecule has 0 aromatic heterocycles. The highest BCUT2D eigenvalue weighted by atomic mass is 16.7. The summed E-state index contributed by atoms with van der Waals surface area (Å²) in [6.45, 7) is 6.10. The second kappa shape index (κ2) is 5.34. The number of rotatable bonds is 0. The van der Waals surface area contributed by atoms with E-state index < -0.39 is 5.60 Å².